The first kappa shape index (κ1) is 11.7. The number of nitrogens with zero attached hydrogens (tertiary/aromatic N) is 1. The van der Waals surface area contributed by atoms with E-state index in [0.717, 1.165) is 40.6 Å². The molecule has 0 amide bonds. The number of aliphatic hydroxyl groups is 1. The molecule has 3 nitrogen and oxygen atoms in total. The lowest BCUT2D eigenvalue weighted by Crippen LogP contribution is -2.06. The van der Waals surface area contributed by atoms with Gasteiger partial charge in [0.2, 0.25) is 0 Å². The van der Waals surface area contributed by atoms with E-state index in [2.05, 4.69) is 4.98 Å². The number of hydrogen-bond donors (Lipinski definition) is 1. The Kier molecular flexibility index (Phi) is 3.30. The largest absolute Gasteiger partial charge is 0.486 e. The number of ether oxygens (including phenoxy) is 1. The molecule has 1 aromatic carbocycles. The fourth-order valence-corrected chi connectivity index (χ4v) is 3.22. The molecule has 3 rings (SSSR count). The summed E-state index contributed by atoms with van der Waals surface area (Å²) in [7, 11) is 0. The normalized spacial score (nSPS) is 18.4. The average molecular weight is 261 g/mol. The van der Waals surface area contributed by atoms with Crippen LogP contribution >= 0.6 is 11.3 Å². The van der Waals surface area contributed by atoms with E-state index in [9.17, 15) is 5.11 Å². The lowest BCUT2D eigenvalue weighted by Gasteiger charge is -2.14. The quantitative estimate of drug-likeness (QED) is 0.923. The number of aryl methyl sites for hydroxylation is 1. The van der Waals surface area contributed by atoms with E-state index in [4.69, 9.17) is 4.74 Å². The van der Waals surface area contributed by atoms with E-state index in [1.54, 1.807) is 11.3 Å². The lowest BCUT2D eigenvalue weighted by atomic mass is 10.0. The van der Waals surface area contributed by atoms with Crippen LogP contribution < -0.4 is 4.74 Å². The molecule has 0 fully saturated rings. The molecule has 1 aliphatic rings. The lowest BCUT2D eigenvalue weighted by molar-refractivity contribution is 0.160. The molecule has 1 heterocycles. The summed E-state index contributed by atoms with van der Waals surface area (Å²) in [5.41, 5.74) is 1.06. The van der Waals surface area contributed by atoms with E-state index in [1.807, 2.05) is 30.3 Å². The summed E-state index contributed by atoms with van der Waals surface area (Å²) in [5.74, 6) is 0.853. The minimum absolute atomic E-state index is 0.322. The van der Waals surface area contributed by atoms with Crippen molar-refractivity contribution < 1.29 is 9.84 Å². The third kappa shape index (κ3) is 2.40. The molecule has 94 valence electrons. The summed E-state index contributed by atoms with van der Waals surface area (Å²) < 4.78 is 5.67. The van der Waals surface area contributed by atoms with Crippen molar-refractivity contribution in [2.24, 2.45) is 0 Å². The van der Waals surface area contributed by atoms with Gasteiger partial charge in [-0.05, 0) is 31.4 Å². The Bertz CT molecular complexity index is 524. The van der Waals surface area contributed by atoms with Crippen molar-refractivity contribution in [1.29, 1.82) is 0 Å². The summed E-state index contributed by atoms with van der Waals surface area (Å²) >= 11 is 1.58. The fraction of sp³-hybridized carbons (Fsp3) is 0.357. The van der Waals surface area contributed by atoms with Gasteiger partial charge in [0, 0.05) is 0 Å². The molecule has 0 saturated carbocycles. The molecule has 0 radical (unpaired) electrons. The van der Waals surface area contributed by atoms with Gasteiger partial charge in [-0.25, -0.2) is 4.98 Å². The van der Waals surface area contributed by atoms with Crippen LogP contribution in [0, 0.1) is 0 Å². The fourth-order valence-electron chi connectivity index (χ4n) is 2.17. The monoisotopic (exact) mass is 261 g/mol. The Labute approximate surface area is 110 Å². The molecule has 1 aromatic heterocycles. The highest BCUT2D eigenvalue weighted by atomic mass is 32.1. The average Bonchev–Trinajstić information content (AvgIpc) is 2.82. The van der Waals surface area contributed by atoms with Gasteiger partial charge in [-0.3, -0.25) is 0 Å². The molecule has 1 aliphatic carbocycles. The SMILES string of the molecule is OC1CCCc2nc(COc3ccccc3)sc21. The summed E-state index contributed by atoms with van der Waals surface area (Å²) in [5, 5.41) is 10.8. The smallest absolute Gasteiger partial charge is 0.140 e. The number of aliphatic hydroxyl groups excluding tert-OH is 1. The van der Waals surface area contributed by atoms with Gasteiger partial charge < -0.3 is 9.84 Å². The molecule has 0 bridgehead atoms. The highest BCUT2D eigenvalue weighted by Gasteiger charge is 2.22. The van der Waals surface area contributed by atoms with Gasteiger partial charge in [0.25, 0.3) is 0 Å². The van der Waals surface area contributed by atoms with Gasteiger partial charge >= 0.3 is 0 Å². The molecule has 0 saturated heterocycles. The van der Waals surface area contributed by atoms with Crippen molar-refractivity contribution in [3.05, 3.63) is 45.9 Å². The second kappa shape index (κ2) is 5.08. The second-order valence-corrected chi connectivity index (χ2v) is 5.54. The van der Waals surface area contributed by atoms with Crippen molar-refractivity contribution >= 4 is 11.3 Å². The minimum atomic E-state index is -0.322. The first-order valence-corrected chi connectivity index (χ1v) is 6.99. The van der Waals surface area contributed by atoms with Crippen LogP contribution in [0.4, 0.5) is 0 Å². The molecule has 1 atom stereocenters. The maximum Gasteiger partial charge on any atom is 0.140 e. The number of hydrogen-bond acceptors (Lipinski definition) is 4. The van der Waals surface area contributed by atoms with Crippen molar-refractivity contribution in [3.8, 4) is 5.75 Å². The van der Waals surface area contributed by atoms with Crippen LogP contribution in [0.2, 0.25) is 0 Å². The zero-order chi connectivity index (χ0) is 12.4. The molecule has 1 N–H and O–H groups in total. The van der Waals surface area contributed by atoms with Crippen LogP contribution in [0.5, 0.6) is 5.75 Å². The van der Waals surface area contributed by atoms with Crippen molar-refractivity contribution in [1.82, 2.24) is 4.98 Å². The van der Waals surface area contributed by atoms with Crippen LogP contribution in [0.15, 0.2) is 30.3 Å². The highest BCUT2D eigenvalue weighted by Crippen LogP contribution is 2.34. The second-order valence-electron chi connectivity index (χ2n) is 4.43. The Hall–Kier alpha value is -1.39. The van der Waals surface area contributed by atoms with E-state index >= 15 is 0 Å². The highest BCUT2D eigenvalue weighted by molar-refractivity contribution is 7.11. The van der Waals surface area contributed by atoms with E-state index in [1.165, 1.54) is 0 Å². The van der Waals surface area contributed by atoms with E-state index in [-0.39, 0.29) is 6.10 Å². The van der Waals surface area contributed by atoms with Crippen LogP contribution in [0.25, 0.3) is 0 Å². The third-order valence-corrected chi connectivity index (χ3v) is 4.24. The zero-order valence-corrected chi connectivity index (χ0v) is 10.8. The Morgan fingerprint density at radius 3 is 2.94 bits per heavy atom. The van der Waals surface area contributed by atoms with Crippen LogP contribution in [-0.4, -0.2) is 10.1 Å². The number of thiazole rings is 1. The Balaban J connectivity index is 1.70. The number of aromatic nitrogens is 1. The van der Waals surface area contributed by atoms with E-state index < -0.39 is 0 Å². The first-order valence-electron chi connectivity index (χ1n) is 6.17. The first-order chi connectivity index (χ1) is 8.83. The number of fused-ring (bicyclic) bond motifs is 1. The topological polar surface area (TPSA) is 42.4 Å². The van der Waals surface area contributed by atoms with Gasteiger partial charge in [-0.2, -0.15) is 0 Å². The number of benzene rings is 1. The molecule has 0 aliphatic heterocycles. The van der Waals surface area contributed by atoms with Crippen LogP contribution in [0.1, 0.15) is 34.5 Å². The molecule has 4 heteroatoms. The molecule has 18 heavy (non-hydrogen) atoms. The van der Waals surface area contributed by atoms with Gasteiger partial charge in [-0.1, -0.05) is 18.2 Å². The summed E-state index contributed by atoms with van der Waals surface area (Å²) in [6.45, 7) is 0.481. The maximum absolute atomic E-state index is 9.89. The minimum Gasteiger partial charge on any atom is -0.486 e. The Morgan fingerprint density at radius 1 is 1.33 bits per heavy atom. The van der Waals surface area contributed by atoms with Crippen LogP contribution in [-0.2, 0) is 13.0 Å². The van der Waals surface area contributed by atoms with E-state index in [0.29, 0.717) is 6.61 Å². The van der Waals surface area contributed by atoms with Crippen molar-refractivity contribution in [3.63, 3.8) is 0 Å². The Morgan fingerprint density at radius 2 is 2.17 bits per heavy atom. The van der Waals surface area contributed by atoms with Gasteiger partial charge in [0.1, 0.15) is 17.4 Å². The van der Waals surface area contributed by atoms with Crippen LogP contribution in [0.3, 0.4) is 0 Å². The molecular formula is C14H15NO2S. The van der Waals surface area contributed by atoms with Crippen molar-refractivity contribution in [2.45, 2.75) is 32.0 Å². The van der Waals surface area contributed by atoms with Gasteiger partial charge in [0.05, 0.1) is 16.7 Å². The number of rotatable bonds is 3. The number of para-hydroxylation sites is 1. The summed E-state index contributed by atoms with van der Waals surface area (Å²) in [6.07, 6.45) is 2.54. The zero-order valence-electron chi connectivity index (χ0n) is 10.0. The predicted molar refractivity (Wildman–Crippen MR) is 70.8 cm³/mol. The molecule has 0 spiro atoms. The van der Waals surface area contributed by atoms with Gasteiger partial charge in [0.15, 0.2) is 0 Å². The maximum atomic E-state index is 9.89. The summed E-state index contributed by atoms with van der Waals surface area (Å²) in [4.78, 5) is 5.58. The third-order valence-electron chi connectivity index (χ3n) is 3.07. The molecule has 1 unspecified atom stereocenters. The van der Waals surface area contributed by atoms with Crippen molar-refractivity contribution in [2.75, 3.05) is 0 Å². The van der Waals surface area contributed by atoms with Gasteiger partial charge in [-0.15, -0.1) is 11.3 Å². The predicted octanol–water partition coefficient (Wildman–Crippen LogP) is 3.09. The summed E-state index contributed by atoms with van der Waals surface area (Å²) in [6, 6.07) is 9.73. The molecule has 2 aromatic rings. The standard InChI is InChI=1S/C14H15NO2S/c16-12-8-4-7-11-14(12)18-13(15-11)9-17-10-5-2-1-3-6-10/h1-3,5-6,12,16H,4,7-9H2. The molecular weight excluding hydrogens is 246 g/mol.